The lowest BCUT2D eigenvalue weighted by molar-refractivity contribution is -0.0512. The van der Waals surface area contributed by atoms with Gasteiger partial charge in [0, 0.05) is 18.7 Å². The van der Waals surface area contributed by atoms with Crippen molar-refractivity contribution in [2.24, 2.45) is 0 Å². The molecule has 0 radical (unpaired) electrons. The summed E-state index contributed by atoms with van der Waals surface area (Å²) in [5.41, 5.74) is 2.70. The minimum Gasteiger partial charge on any atom is -0.434 e. The molecule has 0 aromatic heterocycles. The molecule has 0 aliphatic carbocycles. The van der Waals surface area contributed by atoms with Crippen molar-refractivity contribution < 1.29 is 27.0 Å². The molecule has 7 heteroatoms. The molecule has 2 rings (SSSR count). The summed E-state index contributed by atoms with van der Waals surface area (Å²) in [6.45, 7) is -1.59. The highest BCUT2D eigenvalue weighted by Gasteiger charge is 2.12. The quantitative estimate of drug-likeness (QED) is 0.689. The van der Waals surface area contributed by atoms with Crippen molar-refractivity contribution in [3.8, 4) is 11.5 Å². The largest absolute Gasteiger partial charge is 0.434 e. The van der Waals surface area contributed by atoms with Crippen LogP contribution in [0.4, 0.5) is 17.6 Å². The first-order valence-electron chi connectivity index (χ1n) is 7.65. The van der Waals surface area contributed by atoms with E-state index in [2.05, 4.69) is 14.8 Å². The first-order chi connectivity index (χ1) is 11.9. The monoisotopic (exact) mass is 357 g/mol. The fourth-order valence-electron chi connectivity index (χ4n) is 2.62. The van der Waals surface area contributed by atoms with Crippen molar-refractivity contribution in [1.82, 2.24) is 5.32 Å². The number of benzene rings is 2. The number of rotatable bonds is 8. The zero-order valence-corrected chi connectivity index (χ0v) is 13.9. The number of nitrogens with one attached hydrogen (secondary N) is 1. The lowest BCUT2D eigenvalue weighted by atomic mass is 10.1. The molecule has 0 aliphatic rings. The number of alkyl halides is 4. The zero-order chi connectivity index (χ0) is 18.4. The Balaban J connectivity index is 2.01. The second-order valence-corrected chi connectivity index (χ2v) is 5.53. The topological polar surface area (TPSA) is 30.5 Å². The third-order valence-corrected chi connectivity index (χ3v) is 3.56. The highest BCUT2D eigenvalue weighted by atomic mass is 19.3. The summed E-state index contributed by atoms with van der Waals surface area (Å²) in [7, 11) is 0. The summed E-state index contributed by atoms with van der Waals surface area (Å²) >= 11 is 0. The van der Waals surface area contributed by atoms with Gasteiger partial charge in [0.05, 0.1) is 0 Å². The van der Waals surface area contributed by atoms with Crippen molar-refractivity contribution in [2.45, 2.75) is 40.2 Å². The Hall–Kier alpha value is -2.28. The van der Waals surface area contributed by atoms with Crippen molar-refractivity contribution in [2.75, 3.05) is 0 Å². The second kappa shape index (κ2) is 8.71. The van der Waals surface area contributed by atoms with Crippen LogP contribution in [0.2, 0.25) is 0 Å². The fourth-order valence-corrected chi connectivity index (χ4v) is 2.62. The normalized spacial score (nSPS) is 11.2. The maximum atomic E-state index is 12.4. The lowest BCUT2D eigenvalue weighted by Gasteiger charge is -2.14. The van der Waals surface area contributed by atoms with Crippen LogP contribution in [0.3, 0.4) is 0 Å². The van der Waals surface area contributed by atoms with E-state index in [0.717, 1.165) is 5.56 Å². The molecule has 0 atom stereocenters. The second-order valence-electron chi connectivity index (χ2n) is 5.53. The van der Waals surface area contributed by atoms with Gasteiger partial charge >= 0.3 is 13.2 Å². The van der Waals surface area contributed by atoms with E-state index in [1.54, 1.807) is 44.2 Å². The zero-order valence-electron chi connectivity index (χ0n) is 13.9. The summed E-state index contributed by atoms with van der Waals surface area (Å²) in [4.78, 5) is 0. The molecule has 0 spiro atoms. The molecule has 0 amide bonds. The van der Waals surface area contributed by atoms with Gasteiger partial charge < -0.3 is 14.8 Å². The van der Waals surface area contributed by atoms with Crippen molar-refractivity contribution >= 4 is 0 Å². The smallest absolute Gasteiger partial charge is 0.387 e. The third kappa shape index (κ3) is 5.63. The molecule has 136 valence electrons. The molecule has 2 aromatic rings. The minimum absolute atomic E-state index is 0.123. The first-order valence-corrected chi connectivity index (χ1v) is 7.65. The maximum absolute atomic E-state index is 12.4. The summed E-state index contributed by atoms with van der Waals surface area (Å²) < 4.78 is 58.6. The highest BCUT2D eigenvalue weighted by molar-refractivity contribution is 5.43. The van der Waals surface area contributed by atoms with Gasteiger partial charge in [-0.3, -0.25) is 0 Å². The number of hydrogen-bond acceptors (Lipinski definition) is 3. The predicted octanol–water partition coefficient (Wildman–Crippen LogP) is 4.80. The van der Waals surface area contributed by atoms with Crippen LogP contribution < -0.4 is 14.8 Å². The van der Waals surface area contributed by atoms with Crippen molar-refractivity contribution in [1.29, 1.82) is 0 Å². The molecule has 0 heterocycles. The Morgan fingerprint density at radius 1 is 0.880 bits per heavy atom. The number of halogens is 4. The SMILES string of the molecule is Cc1cc(CNCc2ccccc2OC(F)F)cc(C)c1OC(F)F. The van der Waals surface area contributed by atoms with Crippen LogP contribution in [0.25, 0.3) is 0 Å². The van der Waals surface area contributed by atoms with E-state index in [9.17, 15) is 17.6 Å². The summed E-state index contributed by atoms with van der Waals surface area (Å²) in [6, 6.07) is 10.0. The van der Waals surface area contributed by atoms with E-state index < -0.39 is 13.2 Å². The van der Waals surface area contributed by atoms with Crippen molar-refractivity contribution in [3.05, 3.63) is 58.7 Å². The highest BCUT2D eigenvalue weighted by Crippen LogP contribution is 2.26. The van der Waals surface area contributed by atoms with Gasteiger partial charge in [0.2, 0.25) is 0 Å². The molecule has 2 aromatic carbocycles. The molecule has 0 saturated carbocycles. The molecule has 3 nitrogen and oxygen atoms in total. The van der Waals surface area contributed by atoms with Crippen LogP contribution in [-0.2, 0) is 13.1 Å². The number of ether oxygens (including phenoxy) is 2. The summed E-state index contributed by atoms with van der Waals surface area (Å²) in [5.74, 6) is 0.299. The van der Waals surface area contributed by atoms with Gasteiger partial charge in [0.25, 0.3) is 0 Å². The van der Waals surface area contributed by atoms with E-state index in [1.165, 1.54) is 6.07 Å². The standard InChI is InChI=1S/C18H19F4NO2/c1-11-7-13(8-12(2)16(11)25-18(21)22)9-23-10-14-5-3-4-6-15(14)24-17(19)20/h3-8,17-18,23H,9-10H2,1-2H3. The van der Waals surface area contributed by atoms with Gasteiger partial charge in [-0.1, -0.05) is 30.3 Å². The fraction of sp³-hybridized carbons (Fsp3) is 0.333. The van der Waals surface area contributed by atoms with E-state index in [-0.39, 0.29) is 11.5 Å². The number of para-hydroxylation sites is 1. The van der Waals surface area contributed by atoms with E-state index >= 15 is 0 Å². The van der Waals surface area contributed by atoms with Crippen LogP contribution in [0.15, 0.2) is 36.4 Å². The molecule has 0 aliphatic heterocycles. The minimum atomic E-state index is -2.88. The Kier molecular flexibility index (Phi) is 6.64. The average Bonchev–Trinajstić information content (AvgIpc) is 2.52. The molecule has 0 fully saturated rings. The van der Waals surface area contributed by atoms with E-state index in [4.69, 9.17) is 0 Å². The number of hydrogen-bond donors (Lipinski definition) is 1. The van der Waals surface area contributed by atoms with Crippen LogP contribution in [0, 0.1) is 13.8 Å². The van der Waals surface area contributed by atoms with Crippen LogP contribution >= 0.6 is 0 Å². The third-order valence-electron chi connectivity index (χ3n) is 3.56. The molecule has 0 unspecified atom stereocenters. The predicted molar refractivity (Wildman–Crippen MR) is 86.2 cm³/mol. The Labute approximate surface area is 143 Å². The van der Waals surface area contributed by atoms with Crippen molar-refractivity contribution in [3.63, 3.8) is 0 Å². The van der Waals surface area contributed by atoms with Crippen LogP contribution in [0.1, 0.15) is 22.3 Å². The Bertz CT molecular complexity index is 684. The molecular weight excluding hydrogens is 338 g/mol. The Morgan fingerprint density at radius 3 is 2.08 bits per heavy atom. The lowest BCUT2D eigenvalue weighted by Crippen LogP contribution is -2.15. The maximum Gasteiger partial charge on any atom is 0.387 e. The molecular formula is C18H19F4NO2. The summed E-state index contributed by atoms with van der Waals surface area (Å²) in [5, 5.41) is 3.13. The first kappa shape index (κ1) is 19.1. The molecule has 25 heavy (non-hydrogen) atoms. The molecule has 1 N–H and O–H groups in total. The summed E-state index contributed by atoms with van der Waals surface area (Å²) in [6.07, 6.45) is 0. The van der Waals surface area contributed by atoms with Gasteiger partial charge in [-0.05, 0) is 36.6 Å². The van der Waals surface area contributed by atoms with Crippen LogP contribution in [0.5, 0.6) is 11.5 Å². The van der Waals surface area contributed by atoms with Gasteiger partial charge in [0.1, 0.15) is 11.5 Å². The van der Waals surface area contributed by atoms with Gasteiger partial charge in [-0.2, -0.15) is 17.6 Å². The van der Waals surface area contributed by atoms with E-state index in [0.29, 0.717) is 29.8 Å². The van der Waals surface area contributed by atoms with Gasteiger partial charge in [0.15, 0.2) is 0 Å². The molecule has 0 saturated heterocycles. The number of aryl methyl sites for hydroxylation is 2. The van der Waals surface area contributed by atoms with Gasteiger partial charge in [-0.15, -0.1) is 0 Å². The Morgan fingerprint density at radius 2 is 1.48 bits per heavy atom. The average molecular weight is 357 g/mol. The van der Waals surface area contributed by atoms with Gasteiger partial charge in [-0.25, -0.2) is 0 Å². The molecule has 0 bridgehead atoms. The van der Waals surface area contributed by atoms with Crippen LogP contribution in [-0.4, -0.2) is 13.2 Å². The van der Waals surface area contributed by atoms with E-state index in [1.807, 2.05) is 0 Å².